The second-order valence-corrected chi connectivity index (χ2v) is 13.9. The molecule has 0 aliphatic carbocycles. The molecule has 0 radical (unpaired) electrons. The maximum absolute atomic E-state index is 10.8. The van der Waals surface area contributed by atoms with Gasteiger partial charge in [0.1, 0.15) is 7.60 Å². The minimum absolute atomic E-state index is 0.0547. The lowest BCUT2D eigenvalue weighted by atomic mass is 10.1. The van der Waals surface area contributed by atoms with E-state index in [2.05, 4.69) is 27.2 Å². The topological polar surface area (TPSA) is 60.4 Å². The lowest BCUT2D eigenvalue weighted by Crippen LogP contribution is -2.13. The lowest BCUT2D eigenvalue weighted by Gasteiger charge is -2.26. The third-order valence-electron chi connectivity index (χ3n) is 4.84. The highest BCUT2D eigenvalue weighted by molar-refractivity contribution is 7.75. The second kappa shape index (κ2) is 12.0. The Labute approximate surface area is 139 Å². The van der Waals surface area contributed by atoms with Crippen LogP contribution in [0.4, 0.5) is 0 Å². The monoisotopic (exact) mass is 352 g/mol. The highest BCUT2D eigenvalue weighted by Crippen LogP contribution is 2.58. The largest absolute Gasteiger partial charge is 0.779 e. The molecule has 22 heavy (non-hydrogen) atoms. The van der Waals surface area contributed by atoms with Crippen molar-refractivity contribution < 1.29 is 14.4 Å². The Morgan fingerprint density at radius 3 is 2.00 bits per heavy atom. The van der Waals surface area contributed by atoms with E-state index in [9.17, 15) is 9.46 Å². The van der Waals surface area contributed by atoms with Crippen molar-refractivity contribution in [1.82, 2.24) is 0 Å². The molecule has 2 atom stereocenters. The zero-order valence-electron chi connectivity index (χ0n) is 15.2. The highest BCUT2D eigenvalue weighted by Gasteiger charge is 2.31. The van der Waals surface area contributed by atoms with Crippen molar-refractivity contribution in [2.45, 2.75) is 83.7 Å². The van der Waals surface area contributed by atoms with Gasteiger partial charge in [-0.15, -0.1) is 0 Å². The van der Waals surface area contributed by atoms with Gasteiger partial charge in [0.05, 0.1) is 11.8 Å². The van der Waals surface area contributed by atoms with Crippen molar-refractivity contribution in [3.63, 3.8) is 0 Å². The Bertz CT molecular complexity index is 313. The van der Waals surface area contributed by atoms with Crippen LogP contribution in [0.1, 0.15) is 78.1 Å². The van der Waals surface area contributed by atoms with Gasteiger partial charge in [-0.1, -0.05) is 51.9 Å². The molecule has 0 rings (SSSR count). The maximum Gasteiger partial charge on any atom is 0.132 e. The molecule has 0 aromatic rings. The van der Waals surface area contributed by atoms with Crippen LogP contribution < -0.4 is 4.89 Å². The first-order valence-electron chi connectivity index (χ1n) is 9.04. The molecule has 0 saturated heterocycles. The summed E-state index contributed by atoms with van der Waals surface area (Å²) in [5.74, 6) is 0. The van der Waals surface area contributed by atoms with E-state index >= 15 is 0 Å². The first-order chi connectivity index (χ1) is 10.2. The molecule has 0 aliphatic rings. The van der Waals surface area contributed by atoms with Gasteiger partial charge in [0.2, 0.25) is 0 Å². The summed E-state index contributed by atoms with van der Waals surface area (Å²) in [5, 5.41) is 0. The fraction of sp³-hybridized carbons (Fsp3) is 1.00. The van der Waals surface area contributed by atoms with Gasteiger partial charge < -0.3 is 14.4 Å². The molecule has 0 heterocycles. The van der Waals surface area contributed by atoms with Crippen molar-refractivity contribution in [2.24, 2.45) is 0 Å². The van der Waals surface area contributed by atoms with Crippen molar-refractivity contribution in [3.05, 3.63) is 0 Å². The van der Waals surface area contributed by atoms with E-state index in [0.717, 1.165) is 6.16 Å². The average molecular weight is 352 g/mol. The molecular weight excluding hydrogens is 314 g/mol. The van der Waals surface area contributed by atoms with Crippen LogP contribution in [-0.2, 0) is 4.57 Å². The van der Waals surface area contributed by atoms with Gasteiger partial charge in [-0.3, -0.25) is 0 Å². The standard InChI is InChI=1S/C17H38O3P2/c1-5-6-7-8-9-10-11-12-14-17(2)21(3,4)15-13-16-22(18,19)20/h17H,5-16H2,1-4H3,(H-,18,19,20). The normalized spacial score (nSPS) is 16.5. The minimum atomic E-state index is -4.06. The van der Waals surface area contributed by atoms with Gasteiger partial charge in [-0.2, -0.15) is 0 Å². The third-order valence-corrected chi connectivity index (χ3v) is 9.84. The van der Waals surface area contributed by atoms with E-state index in [0.29, 0.717) is 12.1 Å². The van der Waals surface area contributed by atoms with E-state index in [1.165, 1.54) is 57.8 Å². The second-order valence-electron chi connectivity index (χ2n) is 7.33. The Morgan fingerprint density at radius 2 is 1.50 bits per heavy atom. The van der Waals surface area contributed by atoms with Crippen LogP contribution in [0.3, 0.4) is 0 Å². The number of hydrogen-bond donors (Lipinski definition) is 1. The first-order valence-corrected chi connectivity index (χ1v) is 13.7. The molecule has 0 aliphatic heterocycles. The molecule has 0 aromatic heterocycles. The van der Waals surface area contributed by atoms with Crippen LogP contribution in [0, 0.1) is 0 Å². The maximum atomic E-state index is 10.8. The fourth-order valence-electron chi connectivity index (χ4n) is 2.82. The molecule has 0 saturated carbocycles. The van der Waals surface area contributed by atoms with Crippen LogP contribution in [0.25, 0.3) is 0 Å². The van der Waals surface area contributed by atoms with Crippen LogP contribution in [0.5, 0.6) is 0 Å². The third kappa shape index (κ3) is 13.1. The summed E-state index contributed by atoms with van der Waals surface area (Å²) >= 11 is 0. The fourth-order valence-corrected chi connectivity index (χ4v) is 5.92. The number of unbranched alkanes of at least 4 members (excludes halogenated alkanes) is 7. The van der Waals surface area contributed by atoms with Gasteiger partial charge in [0.25, 0.3) is 0 Å². The summed E-state index contributed by atoms with van der Waals surface area (Å²) in [6.07, 6.45) is 13.6. The predicted octanol–water partition coefficient (Wildman–Crippen LogP) is 5.12. The van der Waals surface area contributed by atoms with Crippen LogP contribution in [0.2, 0.25) is 0 Å². The molecule has 3 nitrogen and oxygen atoms in total. The summed E-state index contributed by atoms with van der Waals surface area (Å²) in [4.78, 5) is 19.7. The van der Waals surface area contributed by atoms with Gasteiger partial charge in [0.15, 0.2) is 0 Å². The molecule has 0 aromatic carbocycles. The molecule has 0 bridgehead atoms. The molecule has 5 heteroatoms. The Kier molecular flexibility index (Phi) is 12.3. The van der Waals surface area contributed by atoms with Crippen LogP contribution >= 0.6 is 14.9 Å². The average Bonchev–Trinajstić information content (AvgIpc) is 2.39. The van der Waals surface area contributed by atoms with Crippen LogP contribution in [0.15, 0.2) is 0 Å². The minimum Gasteiger partial charge on any atom is -0.779 e. The summed E-state index contributed by atoms with van der Waals surface area (Å²) in [6.45, 7) is 9.23. The van der Waals surface area contributed by atoms with E-state index in [1.807, 2.05) is 0 Å². The smallest absolute Gasteiger partial charge is 0.132 e. The Balaban J connectivity index is 3.71. The van der Waals surface area contributed by atoms with E-state index in [-0.39, 0.29) is 6.16 Å². The van der Waals surface area contributed by atoms with E-state index in [4.69, 9.17) is 4.89 Å². The summed E-state index contributed by atoms with van der Waals surface area (Å²) in [5.41, 5.74) is 0.706. The van der Waals surface area contributed by atoms with E-state index in [1.54, 1.807) is 0 Å². The molecular formula is C17H38O3P2. The van der Waals surface area contributed by atoms with Gasteiger partial charge >= 0.3 is 0 Å². The van der Waals surface area contributed by atoms with Gasteiger partial charge in [0, 0.05) is 26.8 Å². The Morgan fingerprint density at radius 1 is 1.00 bits per heavy atom. The first kappa shape index (κ1) is 22.6. The molecule has 0 spiro atoms. The SMILES string of the molecule is CCCCCCCCCCC(C)[P+](C)(C)CCCP(=O)([O-])O. The molecule has 0 amide bonds. The van der Waals surface area contributed by atoms with Gasteiger partial charge in [-0.05, 0) is 26.2 Å². The van der Waals surface area contributed by atoms with Crippen LogP contribution in [-0.4, -0.2) is 36.2 Å². The number of hydrogen-bond acceptors (Lipinski definition) is 2. The highest BCUT2D eigenvalue weighted by atomic mass is 31.2. The predicted molar refractivity (Wildman–Crippen MR) is 99.6 cm³/mol. The van der Waals surface area contributed by atoms with Crippen molar-refractivity contribution in [3.8, 4) is 0 Å². The number of rotatable bonds is 14. The zero-order valence-corrected chi connectivity index (χ0v) is 17.0. The quantitative estimate of drug-likeness (QED) is 0.349. The van der Waals surface area contributed by atoms with Crippen molar-refractivity contribution >= 4 is 14.9 Å². The molecule has 134 valence electrons. The molecule has 1 N–H and O–H groups in total. The van der Waals surface area contributed by atoms with E-state index < -0.39 is 14.9 Å². The van der Waals surface area contributed by atoms with Crippen molar-refractivity contribution in [2.75, 3.05) is 25.7 Å². The molecule has 2 unspecified atom stereocenters. The summed E-state index contributed by atoms with van der Waals surface area (Å²) in [6, 6.07) is 0. The zero-order chi connectivity index (χ0) is 17.1. The summed E-state index contributed by atoms with van der Waals surface area (Å²) < 4.78 is 10.8. The lowest BCUT2D eigenvalue weighted by molar-refractivity contribution is -0.193. The summed E-state index contributed by atoms with van der Waals surface area (Å²) in [7, 11) is -5.12. The molecule has 0 fully saturated rings. The van der Waals surface area contributed by atoms with Crippen molar-refractivity contribution in [1.29, 1.82) is 0 Å². The Hall–Kier alpha value is 0.580. The van der Waals surface area contributed by atoms with Gasteiger partial charge in [-0.25, -0.2) is 0 Å².